The second-order valence-corrected chi connectivity index (χ2v) is 14.6. The highest BCUT2D eigenvalue weighted by molar-refractivity contribution is 5.35. The van der Waals surface area contributed by atoms with E-state index in [-0.39, 0.29) is 27.8 Å². The summed E-state index contributed by atoms with van der Waals surface area (Å²) in [6.07, 6.45) is 13.2. The van der Waals surface area contributed by atoms with Gasteiger partial charge in [0, 0.05) is 11.6 Å². The fourth-order valence-corrected chi connectivity index (χ4v) is 10.5. The van der Waals surface area contributed by atoms with Crippen LogP contribution < -0.4 is 0 Å². The normalized spacial score (nSPS) is 42.5. The molecule has 0 aromatic carbocycles. The molecule has 3 saturated carbocycles. The molecule has 0 aliphatic heterocycles. The highest BCUT2D eigenvalue weighted by Gasteiger charge is 2.70. The monoisotopic (exact) mass is 490 g/mol. The highest BCUT2D eigenvalue weighted by atomic mass is 16.3. The van der Waals surface area contributed by atoms with Crippen LogP contribution in [-0.2, 0) is 11.8 Å². The molecule has 198 valence electrons. The molecule has 3 fully saturated rings. The van der Waals surface area contributed by atoms with Crippen molar-refractivity contribution in [2.75, 3.05) is 0 Å². The SMILES string of the molecule is C=C(CCC=C(C)C)[C@H]1CC[C@]2(C)[C@@H]1[C@H](O)C[C@@H]1[C@@]3(C)Cc4cnc(C)nc4C(C)(C)[C@@H]3CC[C@]12C. The number of aryl methyl sites for hydroxylation is 1. The lowest BCUT2D eigenvalue weighted by Crippen LogP contribution is -2.66. The average Bonchev–Trinajstić information content (AvgIpc) is 3.16. The summed E-state index contributed by atoms with van der Waals surface area (Å²) in [6, 6.07) is 0. The smallest absolute Gasteiger partial charge is 0.125 e. The highest BCUT2D eigenvalue weighted by Crippen LogP contribution is 2.75. The molecule has 1 aromatic rings. The first kappa shape index (κ1) is 26.1. The predicted molar refractivity (Wildman–Crippen MR) is 149 cm³/mol. The van der Waals surface area contributed by atoms with E-state index in [1.165, 1.54) is 48.1 Å². The Morgan fingerprint density at radius 2 is 1.78 bits per heavy atom. The van der Waals surface area contributed by atoms with Crippen LogP contribution in [0.5, 0.6) is 0 Å². The van der Waals surface area contributed by atoms with Crippen LogP contribution in [-0.4, -0.2) is 21.2 Å². The summed E-state index contributed by atoms with van der Waals surface area (Å²) in [5, 5.41) is 11.9. The summed E-state index contributed by atoms with van der Waals surface area (Å²) in [6.45, 7) is 23.5. The number of nitrogens with zero attached hydrogens (tertiary/aromatic N) is 2. The van der Waals surface area contributed by atoms with Gasteiger partial charge in [-0.15, -0.1) is 0 Å². The average molecular weight is 491 g/mol. The molecule has 3 heteroatoms. The Morgan fingerprint density at radius 3 is 2.47 bits per heavy atom. The van der Waals surface area contributed by atoms with E-state index in [1.807, 2.05) is 6.92 Å². The van der Waals surface area contributed by atoms with E-state index in [0.717, 1.165) is 31.5 Å². The van der Waals surface area contributed by atoms with Gasteiger partial charge < -0.3 is 5.11 Å². The van der Waals surface area contributed by atoms with Gasteiger partial charge in [-0.05, 0) is 118 Å². The van der Waals surface area contributed by atoms with Crippen molar-refractivity contribution in [3.05, 3.63) is 47.1 Å². The quantitative estimate of drug-likeness (QED) is 0.439. The van der Waals surface area contributed by atoms with E-state index in [1.54, 1.807) is 0 Å². The lowest BCUT2D eigenvalue weighted by atomic mass is 9.35. The number of hydrogen-bond acceptors (Lipinski definition) is 3. The number of fused-ring (bicyclic) bond motifs is 6. The van der Waals surface area contributed by atoms with Crippen LogP contribution in [0.4, 0.5) is 0 Å². The third-order valence-corrected chi connectivity index (χ3v) is 12.2. The Morgan fingerprint density at radius 1 is 1.08 bits per heavy atom. The third kappa shape index (κ3) is 3.54. The number of aliphatic hydroxyl groups excluding tert-OH is 1. The number of hydrogen-bond donors (Lipinski definition) is 1. The minimum Gasteiger partial charge on any atom is -0.393 e. The van der Waals surface area contributed by atoms with E-state index in [0.29, 0.717) is 23.7 Å². The standard InChI is InChI=1S/C33H50N2O/c1-20(2)11-10-12-21(3)24-13-15-33(9)28(24)25(36)17-27-31(7)18-23-19-34-22(4)35-29(23)30(5,6)26(31)14-16-32(27,33)8/h11,19,24-28,36H,3,10,12-18H2,1-2,4-9H3/t24-,25-,26+,27-,28+,31+,32-,33-/m1/s1. The fraction of sp³-hybridized carbons (Fsp3) is 0.758. The molecule has 36 heavy (non-hydrogen) atoms. The van der Waals surface area contributed by atoms with Gasteiger partial charge in [0.1, 0.15) is 5.82 Å². The van der Waals surface area contributed by atoms with Gasteiger partial charge in [-0.1, -0.05) is 58.4 Å². The molecule has 0 amide bonds. The lowest BCUT2D eigenvalue weighted by Gasteiger charge is -2.69. The maximum absolute atomic E-state index is 11.9. The zero-order chi connectivity index (χ0) is 26.3. The van der Waals surface area contributed by atoms with E-state index in [2.05, 4.69) is 72.3 Å². The van der Waals surface area contributed by atoms with Crippen molar-refractivity contribution in [3.8, 4) is 0 Å². The first-order valence-corrected chi connectivity index (χ1v) is 14.6. The van der Waals surface area contributed by atoms with Crippen LogP contribution >= 0.6 is 0 Å². The molecule has 0 radical (unpaired) electrons. The zero-order valence-electron chi connectivity index (χ0n) is 24.2. The van der Waals surface area contributed by atoms with Gasteiger partial charge in [0.15, 0.2) is 0 Å². The number of aliphatic hydroxyl groups is 1. The van der Waals surface area contributed by atoms with Crippen molar-refractivity contribution >= 4 is 0 Å². The number of aromatic nitrogens is 2. The van der Waals surface area contributed by atoms with Crippen LogP contribution in [0.2, 0.25) is 0 Å². The minimum absolute atomic E-state index is 0.0253. The number of allylic oxidation sites excluding steroid dienone is 3. The molecule has 0 spiro atoms. The van der Waals surface area contributed by atoms with Crippen LogP contribution in [0, 0.1) is 46.8 Å². The first-order valence-electron chi connectivity index (χ1n) is 14.6. The van der Waals surface area contributed by atoms with Gasteiger partial charge in [-0.3, -0.25) is 0 Å². The molecule has 0 bridgehead atoms. The first-order chi connectivity index (χ1) is 16.8. The second-order valence-electron chi connectivity index (χ2n) is 14.6. The summed E-state index contributed by atoms with van der Waals surface area (Å²) in [5.41, 5.74) is 5.94. The largest absolute Gasteiger partial charge is 0.393 e. The molecule has 5 rings (SSSR count). The molecule has 4 aliphatic carbocycles. The topological polar surface area (TPSA) is 46.0 Å². The van der Waals surface area contributed by atoms with Crippen molar-refractivity contribution in [1.82, 2.24) is 9.97 Å². The van der Waals surface area contributed by atoms with Crippen molar-refractivity contribution < 1.29 is 5.11 Å². The molecule has 3 nitrogen and oxygen atoms in total. The van der Waals surface area contributed by atoms with E-state index in [4.69, 9.17) is 4.98 Å². The molecule has 1 N–H and O–H groups in total. The van der Waals surface area contributed by atoms with Crippen molar-refractivity contribution in [2.24, 2.45) is 39.9 Å². The van der Waals surface area contributed by atoms with Crippen LogP contribution in [0.3, 0.4) is 0 Å². The molecular weight excluding hydrogens is 440 g/mol. The van der Waals surface area contributed by atoms with Crippen LogP contribution in [0.1, 0.15) is 110 Å². The fourth-order valence-electron chi connectivity index (χ4n) is 10.5. The van der Waals surface area contributed by atoms with Gasteiger partial charge >= 0.3 is 0 Å². The summed E-state index contributed by atoms with van der Waals surface area (Å²) < 4.78 is 0. The van der Waals surface area contributed by atoms with Gasteiger partial charge in [-0.2, -0.15) is 0 Å². The zero-order valence-corrected chi connectivity index (χ0v) is 24.2. The predicted octanol–water partition coefficient (Wildman–Crippen LogP) is 7.76. The Balaban J connectivity index is 1.50. The van der Waals surface area contributed by atoms with Gasteiger partial charge in [0.25, 0.3) is 0 Å². The van der Waals surface area contributed by atoms with Gasteiger partial charge in [0.2, 0.25) is 0 Å². The third-order valence-electron chi connectivity index (χ3n) is 12.2. The molecule has 1 aromatic heterocycles. The molecule has 0 saturated heterocycles. The summed E-state index contributed by atoms with van der Waals surface area (Å²) in [5.74, 6) is 2.77. The Kier molecular flexibility index (Phi) is 6.18. The Labute approximate surface area is 220 Å². The maximum Gasteiger partial charge on any atom is 0.125 e. The molecular formula is C33H50N2O. The molecule has 4 aliphatic rings. The summed E-state index contributed by atoms with van der Waals surface area (Å²) in [7, 11) is 0. The Hall–Kier alpha value is -1.48. The van der Waals surface area contributed by atoms with Gasteiger partial charge in [0.05, 0.1) is 11.8 Å². The Bertz CT molecular complexity index is 1080. The van der Waals surface area contributed by atoms with Crippen LogP contribution in [0.15, 0.2) is 30.0 Å². The summed E-state index contributed by atoms with van der Waals surface area (Å²) >= 11 is 0. The van der Waals surface area contributed by atoms with Crippen LogP contribution in [0.25, 0.3) is 0 Å². The van der Waals surface area contributed by atoms with E-state index >= 15 is 0 Å². The van der Waals surface area contributed by atoms with Crippen molar-refractivity contribution in [3.63, 3.8) is 0 Å². The summed E-state index contributed by atoms with van der Waals surface area (Å²) in [4.78, 5) is 9.60. The molecule has 0 unspecified atom stereocenters. The van der Waals surface area contributed by atoms with E-state index in [9.17, 15) is 5.11 Å². The minimum atomic E-state index is -0.241. The van der Waals surface area contributed by atoms with Gasteiger partial charge in [-0.25, -0.2) is 9.97 Å². The second kappa shape index (κ2) is 8.52. The maximum atomic E-state index is 11.9. The van der Waals surface area contributed by atoms with Crippen molar-refractivity contribution in [2.45, 2.75) is 118 Å². The lowest BCUT2D eigenvalue weighted by molar-refractivity contribution is -0.214. The molecule has 8 atom stereocenters. The number of rotatable bonds is 4. The van der Waals surface area contributed by atoms with E-state index < -0.39 is 0 Å². The molecule has 1 heterocycles. The van der Waals surface area contributed by atoms with Crippen molar-refractivity contribution in [1.29, 1.82) is 0 Å².